The molecule has 5 amide bonds. The van der Waals surface area contributed by atoms with Crippen molar-refractivity contribution in [2.45, 2.75) is 69.1 Å². The van der Waals surface area contributed by atoms with Crippen molar-refractivity contribution in [1.82, 2.24) is 16.0 Å². The van der Waals surface area contributed by atoms with E-state index in [4.69, 9.17) is 22.9 Å². The first-order chi connectivity index (χ1) is 17.9. The van der Waals surface area contributed by atoms with Gasteiger partial charge in [-0.05, 0) is 44.2 Å². The lowest BCUT2D eigenvalue weighted by atomic mass is 10.0. The minimum Gasteiger partial charge on any atom is -0.480 e. The first-order valence-corrected chi connectivity index (χ1v) is 12.1. The van der Waals surface area contributed by atoms with Gasteiger partial charge in [-0.1, -0.05) is 30.3 Å². The van der Waals surface area contributed by atoms with Gasteiger partial charge in [-0.2, -0.15) is 0 Å². The fraction of sp³-hybridized carbons (Fsp3) is 0.500. The van der Waals surface area contributed by atoms with Gasteiger partial charge in [-0.3, -0.25) is 24.0 Å². The molecule has 0 saturated carbocycles. The number of nitrogens with two attached hydrogens (primary N) is 4. The molecule has 210 valence electrons. The molecule has 1 rings (SSSR count). The molecule has 4 unspecified atom stereocenters. The molecular formula is C24H37N7O7. The van der Waals surface area contributed by atoms with Crippen LogP contribution in [0.3, 0.4) is 0 Å². The monoisotopic (exact) mass is 535 g/mol. The molecular weight excluding hydrogens is 498 g/mol. The molecule has 0 aliphatic carbocycles. The Morgan fingerprint density at radius 1 is 0.763 bits per heavy atom. The van der Waals surface area contributed by atoms with E-state index in [1.165, 1.54) is 0 Å². The van der Waals surface area contributed by atoms with E-state index in [0.29, 0.717) is 19.4 Å². The third-order valence-corrected chi connectivity index (χ3v) is 5.55. The number of hydrogen-bond acceptors (Lipinski definition) is 8. The maximum Gasteiger partial charge on any atom is 0.326 e. The third-order valence-electron chi connectivity index (χ3n) is 5.55. The van der Waals surface area contributed by atoms with Crippen LogP contribution in [0.25, 0.3) is 0 Å². The van der Waals surface area contributed by atoms with Crippen LogP contribution >= 0.6 is 0 Å². The Morgan fingerprint density at radius 2 is 1.34 bits per heavy atom. The molecule has 4 atom stereocenters. The van der Waals surface area contributed by atoms with E-state index in [9.17, 15) is 33.9 Å². The van der Waals surface area contributed by atoms with E-state index >= 15 is 0 Å². The Bertz CT molecular complexity index is 974. The van der Waals surface area contributed by atoms with Crippen LogP contribution in [0.2, 0.25) is 0 Å². The van der Waals surface area contributed by atoms with Crippen molar-refractivity contribution >= 4 is 35.5 Å². The molecule has 0 aliphatic rings. The number of hydrogen-bond donors (Lipinski definition) is 8. The van der Waals surface area contributed by atoms with Gasteiger partial charge in [0.05, 0.1) is 12.5 Å². The second kappa shape index (κ2) is 16.7. The van der Waals surface area contributed by atoms with Crippen LogP contribution in [0.1, 0.15) is 44.1 Å². The normalized spacial score (nSPS) is 13.8. The molecule has 14 heteroatoms. The highest BCUT2D eigenvalue weighted by Crippen LogP contribution is 2.06. The molecule has 38 heavy (non-hydrogen) atoms. The number of carboxylic acids is 1. The minimum absolute atomic E-state index is 0.0917. The van der Waals surface area contributed by atoms with Gasteiger partial charge in [0.1, 0.15) is 18.1 Å². The Labute approximate surface area is 220 Å². The number of carbonyl (C=O) groups is 6. The molecule has 0 saturated heterocycles. The smallest absolute Gasteiger partial charge is 0.326 e. The van der Waals surface area contributed by atoms with Gasteiger partial charge in [0, 0.05) is 6.42 Å². The molecule has 1 aromatic carbocycles. The zero-order valence-corrected chi connectivity index (χ0v) is 21.1. The Kier molecular flexibility index (Phi) is 14.0. The minimum atomic E-state index is -1.48. The van der Waals surface area contributed by atoms with Crippen LogP contribution in [-0.2, 0) is 35.2 Å². The molecule has 0 radical (unpaired) electrons. The van der Waals surface area contributed by atoms with Crippen molar-refractivity contribution < 1.29 is 33.9 Å². The topological polar surface area (TPSA) is 263 Å². The van der Waals surface area contributed by atoms with Gasteiger partial charge >= 0.3 is 5.97 Å². The zero-order valence-electron chi connectivity index (χ0n) is 21.1. The third kappa shape index (κ3) is 12.3. The van der Waals surface area contributed by atoms with Gasteiger partial charge in [0.15, 0.2) is 0 Å². The summed E-state index contributed by atoms with van der Waals surface area (Å²) in [7, 11) is 0. The molecule has 0 aliphatic heterocycles. The molecule has 1 aromatic rings. The summed E-state index contributed by atoms with van der Waals surface area (Å²) in [4.78, 5) is 72.9. The number of rotatable bonds is 18. The zero-order chi connectivity index (χ0) is 28.7. The van der Waals surface area contributed by atoms with Gasteiger partial charge in [0.25, 0.3) is 0 Å². The summed E-state index contributed by atoms with van der Waals surface area (Å²) < 4.78 is 0. The van der Waals surface area contributed by atoms with E-state index in [1.807, 2.05) is 0 Å². The molecule has 0 spiro atoms. The van der Waals surface area contributed by atoms with Crippen LogP contribution in [0, 0.1) is 0 Å². The van der Waals surface area contributed by atoms with Crippen molar-refractivity contribution in [1.29, 1.82) is 0 Å². The number of carboxylic acid groups (broad SMARTS) is 1. The average molecular weight is 536 g/mol. The van der Waals surface area contributed by atoms with Crippen LogP contribution in [0.4, 0.5) is 0 Å². The summed E-state index contributed by atoms with van der Waals surface area (Å²) in [5.74, 6) is -5.54. The van der Waals surface area contributed by atoms with E-state index in [1.54, 1.807) is 30.3 Å². The molecule has 0 fully saturated rings. The number of nitrogens with one attached hydrogen (secondary N) is 3. The lowest BCUT2D eigenvalue weighted by molar-refractivity contribution is -0.142. The summed E-state index contributed by atoms with van der Waals surface area (Å²) in [6, 6.07) is 3.68. The van der Waals surface area contributed by atoms with E-state index in [-0.39, 0.29) is 25.7 Å². The standard InChI is InChI=1S/C24H37N7O7/c25-11-5-4-8-17(24(37)38)30-22(35)16(9-10-19(27)32)29-23(36)18(13-20(28)33)31-21(34)15(26)12-14-6-2-1-3-7-14/h1-3,6-7,15-18H,4-5,8-13,25-26H2,(H2,27,32)(H2,28,33)(H,29,36)(H,30,35)(H,31,34)(H,37,38). The highest BCUT2D eigenvalue weighted by atomic mass is 16.4. The molecule has 0 heterocycles. The van der Waals surface area contributed by atoms with Crippen molar-refractivity contribution in [3.05, 3.63) is 35.9 Å². The average Bonchev–Trinajstić information content (AvgIpc) is 2.85. The van der Waals surface area contributed by atoms with E-state index < -0.39 is 66.1 Å². The highest BCUT2D eigenvalue weighted by Gasteiger charge is 2.31. The van der Waals surface area contributed by atoms with Gasteiger partial charge in [0.2, 0.25) is 29.5 Å². The summed E-state index contributed by atoms with van der Waals surface area (Å²) in [5.41, 5.74) is 22.6. The van der Waals surface area contributed by atoms with Crippen LogP contribution in [0.5, 0.6) is 0 Å². The van der Waals surface area contributed by atoms with E-state index in [0.717, 1.165) is 5.56 Å². The number of unbranched alkanes of at least 4 members (excludes halogenated alkanes) is 1. The van der Waals surface area contributed by atoms with Crippen LogP contribution in [0.15, 0.2) is 30.3 Å². The van der Waals surface area contributed by atoms with Gasteiger partial charge < -0.3 is 44.0 Å². The van der Waals surface area contributed by atoms with Crippen molar-refractivity contribution in [2.24, 2.45) is 22.9 Å². The Balaban J connectivity index is 2.97. The largest absolute Gasteiger partial charge is 0.480 e. The lowest BCUT2D eigenvalue weighted by Crippen LogP contribution is -2.58. The fourth-order valence-corrected chi connectivity index (χ4v) is 3.50. The van der Waals surface area contributed by atoms with Gasteiger partial charge in [-0.15, -0.1) is 0 Å². The summed E-state index contributed by atoms with van der Waals surface area (Å²) in [6.07, 6.45) is 0.0578. The molecule has 14 nitrogen and oxygen atoms in total. The maximum absolute atomic E-state index is 13.0. The first kappa shape index (κ1) is 32.0. The van der Waals surface area contributed by atoms with Crippen molar-refractivity contribution in [2.75, 3.05) is 6.54 Å². The number of amides is 5. The Morgan fingerprint density at radius 3 is 1.89 bits per heavy atom. The Hall–Kier alpha value is -4.04. The molecule has 0 aromatic heterocycles. The summed E-state index contributed by atoms with van der Waals surface area (Å²) in [6.45, 7) is 0.347. The van der Waals surface area contributed by atoms with Crippen LogP contribution in [-0.4, -0.2) is 71.3 Å². The fourth-order valence-electron chi connectivity index (χ4n) is 3.50. The number of carbonyl (C=O) groups excluding carboxylic acids is 5. The van der Waals surface area contributed by atoms with Crippen molar-refractivity contribution in [3.8, 4) is 0 Å². The highest BCUT2D eigenvalue weighted by molar-refractivity contribution is 5.96. The first-order valence-electron chi connectivity index (χ1n) is 12.1. The number of primary amides is 2. The maximum atomic E-state index is 13.0. The number of benzene rings is 1. The molecule has 12 N–H and O–H groups in total. The molecule has 0 bridgehead atoms. The van der Waals surface area contributed by atoms with Crippen molar-refractivity contribution in [3.63, 3.8) is 0 Å². The summed E-state index contributed by atoms with van der Waals surface area (Å²) >= 11 is 0. The van der Waals surface area contributed by atoms with Gasteiger partial charge in [-0.25, -0.2) is 4.79 Å². The quantitative estimate of drug-likeness (QED) is 0.0912. The predicted octanol–water partition coefficient (Wildman–Crippen LogP) is -2.63. The number of aliphatic carboxylic acids is 1. The SMILES string of the molecule is NCCCCC(NC(=O)C(CCC(N)=O)NC(=O)C(CC(N)=O)NC(=O)C(N)Cc1ccccc1)C(=O)O. The lowest BCUT2D eigenvalue weighted by Gasteiger charge is -2.24. The van der Waals surface area contributed by atoms with E-state index in [2.05, 4.69) is 16.0 Å². The summed E-state index contributed by atoms with van der Waals surface area (Å²) in [5, 5.41) is 16.5. The predicted molar refractivity (Wildman–Crippen MR) is 137 cm³/mol. The van der Waals surface area contributed by atoms with Crippen LogP contribution < -0.4 is 38.9 Å². The second-order valence-corrected chi connectivity index (χ2v) is 8.78. The second-order valence-electron chi connectivity index (χ2n) is 8.78.